The molecule has 2 saturated heterocycles. The normalized spacial score (nSPS) is 19.9. The van der Waals surface area contributed by atoms with Gasteiger partial charge in [-0.25, -0.2) is 18.1 Å². The van der Waals surface area contributed by atoms with Crippen LogP contribution in [0.3, 0.4) is 0 Å². The molecule has 3 aliphatic rings. The van der Waals surface area contributed by atoms with E-state index in [1.54, 1.807) is 15.6 Å². The Balaban J connectivity index is 0.795. The van der Waals surface area contributed by atoms with Gasteiger partial charge in [0.15, 0.2) is 17.4 Å². The SMILES string of the molecule is O=C1CCN(c2cnn3cc(CCCN4CCCN(c5ccc6cn([C@H]7CC[C@H](CNC(=O)c8cc(F)c(O)c(F)c8F)CC7)nc6c5)COCC4)ccc23)C(=O)N1. The highest BCUT2D eigenvalue weighted by Crippen LogP contribution is 2.34. The Kier molecular flexibility index (Phi) is 11.5. The largest absolute Gasteiger partial charge is 0.503 e. The summed E-state index contributed by atoms with van der Waals surface area (Å²) in [6.45, 7) is 5.28. The zero-order valence-corrected chi connectivity index (χ0v) is 32.0. The van der Waals surface area contributed by atoms with Crippen molar-refractivity contribution in [1.82, 2.24) is 34.9 Å². The molecular weight excluding hydrogens is 756 g/mol. The zero-order valence-electron chi connectivity index (χ0n) is 32.0. The van der Waals surface area contributed by atoms with Crippen LogP contribution in [0.2, 0.25) is 0 Å². The maximum atomic E-state index is 14.1. The summed E-state index contributed by atoms with van der Waals surface area (Å²) in [5.41, 5.74) is 3.85. The first-order chi connectivity index (χ1) is 28.1. The number of aromatic nitrogens is 4. The average Bonchev–Trinajstić information content (AvgIpc) is 3.87. The van der Waals surface area contributed by atoms with Gasteiger partial charge < -0.3 is 25.0 Å². The van der Waals surface area contributed by atoms with Crippen LogP contribution in [0.4, 0.5) is 29.3 Å². The smallest absolute Gasteiger partial charge is 0.328 e. The fourth-order valence-electron chi connectivity index (χ4n) is 8.23. The first kappa shape index (κ1) is 39.2. The van der Waals surface area contributed by atoms with Crippen LogP contribution in [0.1, 0.15) is 66.9 Å². The van der Waals surface area contributed by atoms with Crippen LogP contribution in [-0.2, 0) is 16.0 Å². The maximum absolute atomic E-state index is 14.1. The number of imide groups is 1. The summed E-state index contributed by atoms with van der Waals surface area (Å²) in [6, 6.07) is 10.6. The van der Waals surface area contributed by atoms with Gasteiger partial charge in [0, 0.05) is 56.1 Å². The highest BCUT2D eigenvalue weighted by molar-refractivity contribution is 6.07. The Bertz CT molecular complexity index is 2330. The summed E-state index contributed by atoms with van der Waals surface area (Å²) in [5, 5.41) is 24.7. The third-order valence-electron chi connectivity index (χ3n) is 11.5. The predicted octanol–water partition coefficient (Wildman–Crippen LogP) is 5.53. The van der Waals surface area contributed by atoms with Gasteiger partial charge in [-0.15, -0.1) is 0 Å². The van der Waals surface area contributed by atoms with E-state index >= 15 is 0 Å². The molecule has 0 atom stereocenters. The monoisotopic (exact) mass is 801 g/mol. The third-order valence-corrected chi connectivity index (χ3v) is 11.5. The number of phenols is 1. The zero-order chi connectivity index (χ0) is 40.3. The molecular formula is C41H46F3N9O5. The molecule has 2 aliphatic heterocycles. The van der Waals surface area contributed by atoms with Crippen molar-refractivity contribution in [3.8, 4) is 5.75 Å². The van der Waals surface area contributed by atoms with Crippen molar-refractivity contribution < 1.29 is 37.4 Å². The van der Waals surface area contributed by atoms with Gasteiger partial charge in [0.2, 0.25) is 11.7 Å². The number of hydrogen-bond acceptors (Lipinski definition) is 9. The lowest BCUT2D eigenvalue weighted by atomic mass is 9.86. The van der Waals surface area contributed by atoms with Gasteiger partial charge in [-0.2, -0.15) is 14.6 Å². The maximum Gasteiger partial charge on any atom is 0.328 e. The van der Waals surface area contributed by atoms with E-state index in [1.165, 1.54) is 0 Å². The number of nitrogens with one attached hydrogen (secondary N) is 2. The van der Waals surface area contributed by atoms with E-state index in [1.807, 2.05) is 16.9 Å². The second-order valence-corrected chi connectivity index (χ2v) is 15.4. The molecule has 2 aromatic carbocycles. The second-order valence-electron chi connectivity index (χ2n) is 15.4. The number of phenolic OH excluding ortho intramolecular Hbond substituents is 1. The first-order valence-electron chi connectivity index (χ1n) is 19.9. The van der Waals surface area contributed by atoms with Crippen molar-refractivity contribution in [2.24, 2.45) is 5.92 Å². The summed E-state index contributed by atoms with van der Waals surface area (Å²) in [7, 11) is 0. The number of nitrogens with zero attached hydrogens (tertiary/aromatic N) is 7. The molecule has 1 aliphatic carbocycles. The fraction of sp³-hybridized carbons (Fsp3) is 0.439. The van der Waals surface area contributed by atoms with Crippen LogP contribution in [-0.4, -0.2) is 99.9 Å². The van der Waals surface area contributed by atoms with E-state index in [9.17, 15) is 32.7 Å². The molecule has 14 nitrogen and oxygen atoms in total. The molecule has 0 radical (unpaired) electrons. The minimum atomic E-state index is -1.78. The molecule has 5 heterocycles. The van der Waals surface area contributed by atoms with E-state index in [-0.39, 0.29) is 30.8 Å². The number of aryl methyl sites for hydroxylation is 1. The van der Waals surface area contributed by atoms with Crippen LogP contribution >= 0.6 is 0 Å². The number of carbonyl (C=O) groups excluding carboxylic acids is 3. The number of amides is 4. The Labute approximate surface area is 332 Å². The standard InChI is InChI=1S/C41H46F3N9O5/c42-32-20-31(37(43)38(44)39(32)55)40(56)45-21-26-4-8-29(9-5-26)52-24-28-7-10-30(19-33(28)48-52)50-15-2-14-49(17-18-58-25-50)13-1-3-27-6-11-34-35(22-46-53(34)23-27)51-16-12-36(54)47-41(51)57/h6-7,10-11,19-20,22-24,26,29,55H,1-5,8-9,12-18,21,25H2,(H,45,56)(H,47,54,57)/t26-,29-. The Hall–Kier alpha value is -5.68. The molecule has 1 saturated carbocycles. The molecule has 0 bridgehead atoms. The topological polar surface area (TPSA) is 150 Å². The van der Waals surface area contributed by atoms with Gasteiger partial charge in [-0.3, -0.25) is 24.5 Å². The number of hydrogen-bond donors (Lipinski definition) is 3. The summed E-state index contributed by atoms with van der Waals surface area (Å²) in [5.74, 6) is -7.26. The average molecular weight is 802 g/mol. The highest BCUT2D eigenvalue weighted by atomic mass is 19.2. The van der Waals surface area contributed by atoms with E-state index in [0.717, 1.165) is 98.8 Å². The van der Waals surface area contributed by atoms with Crippen molar-refractivity contribution >= 4 is 45.6 Å². The fourth-order valence-corrected chi connectivity index (χ4v) is 8.23. The van der Waals surface area contributed by atoms with E-state index in [4.69, 9.17) is 9.84 Å². The summed E-state index contributed by atoms with van der Waals surface area (Å²) < 4.78 is 51.6. The van der Waals surface area contributed by atoms with E-state index in [0.29, 0.717) is 31.6 Å². The number of rotatable bonds is 10. The molecule has 3 fully saturated rings. The third kappa shape index (κ3) is 8.45. The first-order valence-corrected chi connectivity index (χ1v) is 19.9. The van der Waals surface area contributed by atoms with E-state index in [2.05, 4.69) is 56.0 Å². The number of benzene rings is 2. The predicted molar refractivity (Wildman–Crippen MR) is 209 cm³/mol. The number of halogens is 3. The van der Waals surface area contributed by atoms with Crippen molar-refractivity contribution in [3.05, 3.63) is 83.6 Å². The van der Waals surface area contributed by atoms with Crippen LogP contribution in [0.15, 0.2) is 55.0 Å². The van der Waals surface area contributed by atoms with E-state index < -0.39 is 40.7 Å². The van der Waals surface area contributed by atoms with Crippen LogP contribution < -0.4 is 20.4 Å². The van der Waals surface area contributed by atoms with Gasteiger partial charge in [0.05, 0.1) is 41.1 Å². The summed E-state index contributed by atoms with van der Waals surface area (Å²) >= 11 is 0. The Morgan fingerprint density at radius 2 is 1.83 bits per heavy atom. The van der Waals surface area contributed by atoms with Crippen molar-refractivity contribution in [1.29, 1.82) is 0 Å². The number of fused-ring (bicyclic) bond motifs is 2. The molecule has 58 heavy (non-hydrogen) atoms. The lowest BCUT2D eigenvalue weighted by molar-refractivity contribution is -0.120. The molecule has 0 spiro atoms. The minimum Gasteiger partial charge on any atom is -0.503 e. The van der Waals surface area contributed by atoms with Gasteiger partial charge in [-0.1, -0.05) is 6.07 Å². The summed E-state index contributed by atoms with van der Waals surface area (Å²) in [6.07, 6.45) is 12.1. The van der Waals surface area contributed by atoms with Gasteiger partial charge in [0.1, 0.15) is 6.73 Å². The van der Waals surface area contributed by atoms with Crippen molar-refractivity contribution in [2.75, 3.05) is 62.4 Å². The highest BCUT2D eigenvalue weighted by Gasteiger charge is 2.28. The Morgan fingerprint density at radius 1 is 0.983 bits per heavy atom. The minimum absolute atomic E-state index is 0.124. The molecule has 8 rings (SSSR count). The van der Waals surface area contributed by atoms with Crippen LogP contribution in [0, 0.1) is 23.4 Å². The lowest BCUT2D eigenvalue weighted by Crippen LogP contribution is -2.49. The number of ether oxygens (including phenoxy) is 1. The van der Waals surface area contributed by atoms with Gasteiger partial charge in [-0.05, 0) is 99.8 Å². The Morgan fingerprint density at radius 3 is 2.66 bits per heavy atom. The quantitative estimate of drug-likeness (QED) is 0.155. The number of anilines is 2. The molecule has 3 aromatic heterocycles. The number of urea groups is 1. The van der Waals surface area contributed by atoms with Gasteiger partial charge >= 0.3 is 6.03 Å². The second kappa shape index (κ2) is 17.0. The van der Waals surface area contributed by atoms with Crippen molar-refractivity contribution in [3.63, 3.8) is 0 Å². The lowest BCUT2D eigenvalue weighted by Gasteiger charge is -2.28. The van der Waals surface area contributed by atoms with Crippen LogP contribution in [0.25, 0.3) is 16.4 Å². The van der Waals surface area contributed by atoms with Crippen molar-refractivity contribution in [2.45, 2.75) is 57.4 Å². The molecule has 306 valence electrons. The van der Waals surface area contributed by atoms with Crippen LogP contribution in [0.5, 0.6) is 5.75 Å². The molecule has 4 amide bonds. The number of pyridine rings is 1. The molecule has 3 N–H and O–H groups in total. The summed E-state index contributed by atoms with van der Waals surface area (Å²) in [4.78, 5) is 42.7. The molecule has 5 aromatic rings. The number of carbonyl (C=O) groups is 3. The molecule has 17 heteroatoms. The number of aromatic hydroxyl groups is 1. The van der Waals surface area contributed by atoms with Gasteiger partial charge in [0.25, 0.3) is 5.91 Å². The molecule has 0 unspecified atom stereocenters.